The van der Waals surface area contributed by atoms with Gasteiger partial charge in [0.25, 0.3) is 0 Å². The number of nitrogens with zero attached hydrogens (tertiary/aromatic N) is 2. The monoisotopic (exact) mass is 342 g/mol. The quantitative estimate of drug-likeness (QED) is 0.805. The van der Waals surface area contributed by atoms with Gasteiger partial charge in [0.1, 0.15) is 17.9 Å². The van der Waals surface area contributed by atoms with Gasteiger partial charge in [-0.1, -0.05) is 18.2 Å². The van der Waals surface area contributed by atoms with Crippen LogP contribution in [0.3, 0.4) is 0 Å². The van der Waals surface area contributed by atoms with E-state index in [4.69, 9.17) is 10.5 Å². The Bertz CT molecular complexity index is 760. The average Bonchev–Trinajstić information content (AvgIpc) is 2.65. The molecule has 0 bridgehead atoms. The van der Waals surface area contributed by atoms with Crippen molar-refractivity contribution in [2.45, 2.75) is 12.8 Å². The summed E-state index contributed by atoms with van der Waals surface area (Å²) in [5.74, 6) is 0.427. The van der Waals surface area contributed by atoms with Crippen molar-refractivity contribution >= 4 is 22.8 Å². The summed E-state index contributed by atoms with van der Waals surface area (Å²) < 4.78 is 5.75. The van der Waals surface area contributed by atoms with E-state index in [1.807, 2.05) is 30.3 Å². The molecule has 25 heavy (non-hydrogen) atoms. The lowest BCUT2D eigenvalue weighted by Gasteiger charge is -2.30. The second-order valence-electron chi connectivity index (χ2n) is 6.09. The van der Waals surface area contributed by atoms with E-state index in [0.29, 0.717) is 32.0 Å². The number of piperidine rings is 1. The fourth-order valence-electron chi connectivity index (χ4n) is 3.06. The maximum Gasteiger partial charge on any atom is 0.314 e. The molecule has 1 aliphatic heterocycles. The first-order chi connectivity index (χ1) is 12.1. The van der Waals surface area contributed by atoms with Gasteiger partial charge in [-0.15, -0.1) is 0 Å². The molecule has 3 amide bonds. The van der Waals surface area contributed by atoms with Gasteiger partial charge < -0.3 is 20.7 Å². The number of hydrogen-bond acceptors (Lipinski definition) is 4. The number of nitrogens with one attached hydrogen (secondary N) is 1. The zero-order valence-corrected chi connectivity index (χ0v) is 14.0. The second kappa shape index (κ2) is 7.83. The molecule has 0 spiro atoms. The summed E-state index contributed by atoms with van der Waals surface area (Å²) in [6.07, 6.45) is 3.29. The molecule has 0 saturated carbocycles. The Balaban J connectivity index is 1.48. The van der Waals surface area contributed by atoms with Crippen LogP contribution in [0.2, 0.25) is 0 Å². The average molecular weight is 342 g/mol. The molecule has 3 rings (SSSR count). The Labute approximate surface area is 146 Å². The molecule has 1 fully saturated rings. The topological polar surface area (TPSA) is 97.6 Å². The first-order valence-electron chi connectivity index (χ1n) is 8.44. The maximum atomic E-state index is 12.2. The van der Waals surface area contributed by atoms with Crippen LogP contribution < -0.4 is 15.8 Å². The largest absolute Gasteiger partial charge is 0.489 e. The highest BCUT2D eigenvalue weighted by Crippen LogP contribution is 2.22. The Kier molecular flexibility index (Phi) is 5.33. The molecule has 132 valence electrons. The molecule has 1 aromatic heterocycles. The van der Waals surface area contributed by atoms with Crippen LogP contribution in [0, 0.1) is 5.92 Å². The lowest BCUT2D eigenvalue weighted by atomic mass is 9.97. The third-order valence-corrected chi connectivity index (χ3v) is 4.36. The fourth-order valence-corrected chi connectivity index (χ4v) is 3.06. The normalized spacial score (nSPS) is 17.3. The second-order valence-corrected chi connectivity index (χ2v) is 6.09. The van der Waals surface area contributed by atoms with E-state index in [9.17, 15) is 9.59 Å². The molecule has 7 heteroatoms. The number of rotatable bonds is 5. The molecule has 1 atom stereocenters. The van der Waals surface area contributed by atoms with Gasteiger partial charge in [0, 0.05) is 24.7 Å². The van der Waals surface area contributed by atoms with Gasteiger partial charge in [-0.05, 0) is 25.0 Å². The molecule has 0 radical (unpaired) electrons. The molecule has 0 aliphatic carbocycles. The minimum Gasteiger partial charge on any atom is -0.489 e. The van der Waals surface area contributed by atoms with Crippen LogP contribution >= 0.6 is 0 Å². The van der Waals surface area contributed by atoms with Crippen molar-refractivity contribution in [1.29, 1.82) is 0 Å². The lowest BCUT2D eigenvalue weighted by Crippen LogP contribution is -2.47. The third-order valence-electron chi connectivity index (χ3n) is 4.36. The minimum atomic E-state index is -0.468. The molecule has 0 unspecified atom stereocenters. The number of carbonyl (C=O) groups is 2. The van der Waals surface area contributed by atoms with E-state index in [0.717, 1.165) is 23.7 Å². The fraction of sp³-hybridized carbons (Fsp3) is 0.389. The summed E-state index contributed by atoms with van der Waals surface area (Å²) in [7, 11) is 0. The Morgan fingerprint density at radius 2 is 2.16 bits per heavy atom. The first kappa shape index (κ1) is 17.0. The van der Waals surface area contributed by atoms with E-state index in [-0.39, 0.29) is 11.8 Å². The van der Waals surface area contributed by atoms with Gasteiger partial charge in [-0.2, -0.15) is 0 Å². The Morgan fingerprint density at radius 3 is 3.00 bits per heavy atom. The molecule has 7 nitrogen and oxygen atoms in total. The Hall–Kier alpha value is -2.83. The predicted molar refractivity (Wildman–Crippen MR) is 94.1 cm³/mol. The molecule has 2 aromatic rings. The predicted octanol–water partition coefficient (Wildman–Crippen LogP) is 1.52. The zero-order chi connectivity index (χ0) is 17.6. The summed E-state index contributed by atoms with van der Waals surface area (Å²) in [5.41, 5.74) is 6.10. The number of nitrogens with two attached hydrogens (primary N) is 1. The smallest absolute Gasteiger partial charge is 0.314 e. The van der Waals surface area contributed by atoms with Crippen molar-refractivity contribution in [1.82, 2.24) is 15.2 Å². The summed E-state index contributed by atoms with van der Waals surface area (Å²) in [6, 6.07) is 9.15. The molecule has 1 aliphatic rings. The van der Waals surface area contributed by atoms with Crippen molar-refractivity contribution in [3.05, 3.63) is 36.5 Å². The van der Waals surface area contributed by atoms with E-state index in [1.165, 1.54) is 4.90 Å². The van der Waals surface area contributed by atoms with E-state index >= 15 is 0 Å². The van der Waals surface area contributed by atoms with Crippen molar-refractivity contribution < 1.29 is 14.3 Å². The number of carbonyl (C=O) groups excluding carboxylic acids is 2. The van der Waals surface area contributed by atoms with E-state index in [2.05, 4.69) is 10.3 Å². The standard InChI is InChI=1S/C18H22N4O3/c19-18(24)22-10-3-6-14(12-22)17(23)21-9-11-25-15-7-1-4-13-5-2-8-20-16(13)15/h1-2,4-5,7-8,14H,3,6,9-12H2,(H2,19,24)(H,21,23)/t14-/m1/s1. The van der Waals surface area contributed by atoms with Crippen molar-refractivity contribution in [3.63, 3.8) is 0 Å². The molecular weight excluding hydrogens is 320 g/mol. The SMILES string of the molecule is NC(=O)N1CCC[C@@H](C(=O)NCCOc2cccc3cccnc23)C1. The zero-order valence-electron chi connectivity index (χ0n) is 14.0. The molecule has 2 heterocycles. The summed E-state index contributed by atoms with van der Waals surface area (Å²) in [4.78, 5) is 29.3. The van der Waals surface area contributed by atoms with Gasteiger partial charge in [0.05, 0.1) is 12.5 Å². The molecular formula is C18H22N4O3. The number of likely N-dealkylation sites (tertiary alicyclic amines) is 1. The van der Waals surface area contributed by atoms with Crippen LogP contribution in [0.15, 0.2) is 36.5 Å². The van der Waals surface area contributed by atoms with Gasteiger partial charge in [-0.25, -0.2) is 4.79 Å². The number of pyridine rings is 1. The first-order valence-corrected chi connectivity index (χ1v) is 8.44. The highest BCUT2D eigenvalue weighted by atomic mass is 16.5. The maximum absolute atomic E-state index is 12.2. The van der Waals surface area contributed by atoms with E-state index in [1.54, 1.807) is 6.20 Å². The van der Waals surface area contributed by atoms with Crippen LogP contribution in [0.4, 0.5) is 4.79 Å². The number of aromatic nitrogens is 1. The molecule has 1 aromatic carbocycles. The van der Waals surface area contributed by atoms with Crippen LogP contribution in [0.5, 0.6) is 5.75 Å². The number of para-hydroxylation sites is 1. The highest BCUT2D eigenvalue weighted by Gasteiger charge is 2.27. The van der Waals surface area contributed by atoms with Crippen LogP contribution in [-0.2, 0) is 4.79 Å². The number of fused-ring (bicyclic) bond motifs is 1. The summed E-state index contributed by atoms with van der Waals surface area (Å²) in [5, 5.41) is 3.88. The number of amides is 3. The van der Waals surface area contributed by atoms with Gasteiger partial charge >= 0.3 is 6.03 Å². The van der Waals surface area contributed by atoms with E-state index < -0.39 is 6.03 Å². The highest BCUT2D eigenvalue weighted by molar-refractivity contribution is 5.84. The number of hydrogen-bond donors (Lipinski definition) is 2. The van der Waals surface area contributed by atoms with Crippen molar-refractivity contribution in [3.8, 4) is 5.75 Å². The number of urea groups is 1. The van der Waals surface area contributed by atoms with Gasteiger partial charge in [-0.3, -0.25) is 9.78 Å². The van der Waals surface area contributed by atoms with Crippen molar-refractivity contribution in [2.75, 3.05) is 26.2 Å². The number of benzene rings is 1. The molecule has 3 N–H and O–H groups in total. The minimum absolute atomic E-state index is 0.0643. The van der Waals surface area contributed by atoms with Crippen LogP contribution in [0.25, 0.3) is 10.9 Å². The van der Waals surface area contributed by atoms with Gasteiger partial charge in [0.2, 0.25) is 5.91 Å². The van der Waals surface area contributed by atoms with Crippen LogP contribution in [0.1, 0.15) is 12.8 Å². The summed E-state index contributed by atoms with van der Waals surface area (Å²) >= 11 is 0. The van der Waals surface area contributed by atoms with Crippen LogP contribution in [-0.4, -0.2) is 48.1 Å². The van der Waals surface area contributed by atoms with Gasteiger partial charge in [0.15, 0.2) is 0 Å². The van der Waals surface area contributed by atoms with Crippen molar-refractivity contribution in [2.24, 2.45) is 11.7 Å². The number of ether oxygens (including phenoxy) is 1. The molecule has 1 saturated heterocycles. The third kappa shape index (κ3) is 4.17. The lowest BCUT2D eigenvalue weighted by molar-refractivity contribution is -0.126. The number of primary amides is 1. The summed E-state index contributed by atoms with van der Waals surface area (Å²) in [6.45, 7) is 1.76. The Morgan fingerprint density at radius 1 is 1.32 bits per heavy atom.